The van der Waals surface area contributed by atoms with Gasteiger partial charge in [0, 0.05) is 6.54 Å². The van der Waals surface area contributed by atoms with Gasteiger partial charge < -0.3 is 19.5 Å². The fourth-order valence-electron chi connectivity index (χ4n) is 4.02. The summed E-state index contributed by atoms with van der Waals surface area (Å²) in [6, 6.07) is 9.78. The van der Waals surface area contributed by atoms with Crippen LogP contribution < -0.4 is 9.47 Å². The van der Waals surface area contributed by atoms with Crippen molar-refractivity contribution in [2.45, 2.75) is 36.7 Å². The Labute approximate surface area is 193 Å². The van der Waals surface area contributed by atoms with Gasteiger partial charge in [0.2, 0.25) is 15.9 Å². The van der Waals surface area contributed by atoms with Crippen LogP contribution in [0.4, 0.5) is 0 Å². The molecule has 2 aromatic rings. The molecular weight excluding hydrogens is 448 g/mol. The number of piperazine rings is 1. The van der Waals surface area contributed by atoms with Gasteiger partial charge in [-0.25, -0.2) is 8.42 Å². The molecule has 1 amide bonds. The number of rotatable bonds is 9. The molecule has 0 spiro atoms. The lowest BCUT2D eigenvalue weighted by atomic mass is 9.94. The first-order chi connectivity index (χ1) is 15.8. The van der Waals surface area contributed by atoms with Gasteiger partial charge in [0.05, 0.1) is 31.7 Å². The molecule has 9 nitrogen and oxygen atoms in total. The molecular formula is C23H28N2O7S. The summed E-state index contributed by atoms with van der Waals surface area (Å²) >= 11 is 0. The van der Waals surface area contributed by atoms with Crippen molar-refractivity contribution in [2.24, 2.45) is 0 Å². The fraction of sp³-hybridized carbons (Fsp3) is 0.391. The lowest BCUT2D eigenvalue weighted by Crippen LogP contribution is -2.61. The maximum absolute atomic E-state index is 13.4. The number of ether oxygens (including phenoxy) is 2. The zero-order valence-electron chi connectivity index (χ0n) is 18.8. The highest BCUT2D eigenvalue weighted by Crippen LogP contribution is 2.39. The Morgan fingerprint density at radius 1 is 1.09 bits per heavy atom. The Morgan fingerprint density at radius 3 is 2.33 bits per heavy atom. The van der Waals surface area contributed by atoms with Crippen molar-refractivity contribution in [3.8, 4) is 11.5 Å². The topological polar surface area (TPSA) is 113 Å². The minimum atomic E-state index is -4.25. The molecule has 2 aromatic carbocycles. The Morgan fingerprint density at radius 2 is 1.76 bits per heavy atom. The Kier molecular flexibility index (Phi) is 7.60. The lowest BCUT2D eigenvalue weighted by Gasteiger charge is -2.45. The average Bonchev–Trinajstić information content (AvgIpc) is 2.82. The lowest BCUT2D eigenvalue weighted by molar-refractivity contribution is -0.153. The minimum Gasteiger partial charge on any atom is -0.493 e. The molecule has 2 atom stereocenters. The Balaban J connectivity index is 2.18. The summed E-state index contributed by atoms with van der Waals surface area (Å²) in [6.45, 7) is 1.71. The van der Waals surface area contributed by atoms with Crippen molar-refractivity contribution in [3.63, 3.8) is 0 Å². The second-order valence-electron chi connectivity index (χ2n) is 7.65. The third kappa shape index (κ3) is 4.81. The maximum Gasteiger partial charge on any atom is 0.324 e. The number of hydrogen-bond acceptors (Lipinski definition) is 6. The van der Waals surface area contributed by atoms with Gasteiger partial charge in [-0.15, -0.1) is 0 Å². The number of carboxylic acid groups (broad SMARTS) is 1. The maximum atomic E-state index is 13.4. The van der Waals surface area contributed by atoms with Gasteiger partial charge in [0.1, 0.15) is 6.04 Å². The van der Waals surface area contributed by atoms with Crippen LogP contribution in [0.2, 0.25) is 0 Å². The summed E-state index contributed by atoms with van der Waals surface area (Å²) in [7, 11) is -1.33. The van der Waals surface area contributed by atoms with E-state index in [-0.39, 0.29) is 4.90 Å². The van der Waals surface area contributed by atoms with E-state index in [1.807, 2.05) is 6.92 Å². The largest absolute Gasteiger partial charge is 0.493 e. The predicted molar refractivity (Wildman–Crippen MR) is 121 cm³/mol. The smallest absolute Gasteiger partial charge is 0.324 e. The van der Waals surface area contributed by atoms with Crippen molar-refractivity contribution < 1.29 is 32.6 Å². The quantitative estimate of drug-likeness (QED) is 0.592. The normalized spacial score (nSPS) is 19.4. The molecule has 3 rings (SSSR count). The van der Waals surface area contributed by atoms with E-state index in [0.29, 0.717) is 30.0 Å². The van der Waals surface area contributed by atoms with Crippen LogP contribution >= 0.6 is 0 Å². The van der Waals surface area contributed by atoms with Gasteiger partial charge in [0.15, 0.2) is 11.5 Å². The second kappa shape index (κ2) is 10.2. The van der Waals surface area contributed by atoms with Crippen LogP contribution in [0.15, 0.2) is 53.4 Å². The van der Waals surface area contributed by atoms with Gasteiger partial charge in [-0.1, -0.05) is 37.6 Å². The summed E-state index contributed by atoms with van der Waals surface area (Å²) in [6.07, 6.45) is 1.43. The Hall–Kier alpha value is -3.11. The minimum absolute atomic E-state index is 0.0721. The van der Waals surface area contributed by atoms with Crippen molar-refractivity contribution in [2.75, 3.05) is 27.3 Å². The molecule has 0 radical (unpaired) electrons. The summed E-state index contributed by atoms with van der Waals surface area (Å²) < 4.78 is 38.3. The van der Waals surface area contributed by atoms with E-state index in [1.54, 1.807) is 36.4 Å². The molecule has 0 saturated carbocycles. The molecule has 1 aliphatic rings. The summed E-state index contributed by atoms with van der Waals surface area (Å²) in [5, 5.41) is 10.2. The standard InChI is InChI=1S/C23H28N2O7S/c1-4-5-13-24-20(26)15-25(33(29,30)17-9-7-6-8-10-17)22(23(27)28)21(24)16-11-12-18(31-2)19(14-16)32-3/h6-12,14,21-22H,4-5,13,15H2,1-3H3,(H,27,28)/t21-,22+/m1/s1. The zero-order valence-corrected chi connectivity index (χ0v) is 19.6. The summed E-state index contributed by atoms with van der Waals surface area (Å²) in [5.41, 5.74) is 0.442. The molecule has 1 fully saturated rings. The van der Waals surface area contributed by atoms with E-state index < -0.39 is 40.5 Å². The number of aliphatic carboxylic acids is 1. The highest BCUT2D eigenvalue weighted by molar-refractivity contribution is 7.89. The van der Waals surface area contributed by atoms with Crippen LogP contribution in [-0.4, -0.2) is 68.0 Å². The van der Waals surface area contributed by atoms with Crippen molar-refractivity contribution >= 4 is 21.9 Å². The van der Waals surface area contributed by atoms with Crippen LogP contribution in [-0.2, 0) is 19.6 Å². The predicted octanol–water partition coefficient (Wildman–Crippen LogP) is 2.53. The summed E-state index contributed by atoms with van der Waals surface area (Å²) in [4.78, 5) is 27.1. The molecule has 0 aromatic heterocycles. The average molecular weight is 477 g/mol. The van der Waals surface area contributed by atoms with Gasteiger partial charge in [0.25, 0.3) is 0 Å². The highest BCUT2D eigenvalue weighted by atomic mass is 32.2. The molecule has 0 aliphatic carbocycles. The first-order valence-electron chi connectivity index (χ1n) is 10.6. The van der Waals surface area contributed by atoms with Crippen LogP contribution in [0.1, 0.15) is 31.4 Å². The van der Waals surface area contributed by atoms with Gasteiger partial charge in [-0.3, -0.25) is 9.59 Å². The number of amides is 1. The molecule has 0 unspecified atom stereocenters. The molecule has 0 bridgehead atoms. The number of carbonyl (C=O) groups is 2. The monoisotopic (exact) mass is 476 g/mol. The molecule has 33 heavy (non-hydrogen) atoms. The summed E-state index contributed by atoms with van der Waals surface area (Å²) in [5.74, 6) is -1.02. The van der Waals surface area contributed by atoms with Crippen LogP contribution in [0, 0.1) is 0 Å². The SMILES string of the molecule is CCCCN1C(=O)CN(S(=O)(=O)c2ccccc2)[C@H](C(=O)O)[C@H]1c1ccc(OC)c(OC)c1. The van der Waals surface area contributed by atoms with Crippen LogP contribution in [0.25, 0.3) is 0 Å². The van der Waals surface area contributed by atoms with Crippen molar-refractivity contribution in [3.05, 3.63) is 54.1 Å². The van der Waals surface area contributed by atoms with E-state index in [1.165, 1.54) is 31.3 Å². The highest BCUT2D eigenvalue weighted by Gasteiger charge is 2.50. The van der Waals surface area contributed by atoms with Crippen LogP contribution in [0.5, 0.6) is 11.5 Å². The van der Waals surface area contributed by atoms with Crippen molar-refractivity contribution in [1.29, 1.82) is 0 Å². The molecule has 1 N–H and O–H groups in total. The first kappa shape index (κ1) is 24.5. The van der Waals surface area contributed by atoms with E-state index >= 15 is 0 Å². The second-order valence-corrected chi connectivity index (χ2v) is 9.54. The van der Waals surface area contributed by atoms with Gasteiger partial charge in [-0.05, 0) is 36.2 Å². The van der Waals surface area contributed by atoms with E-state index in [2.05, 4.69) is 0 Å². The van der Waals surface area contributed by atoms with Crippen LogP contribution in [0.3, 0.4) is 0 Å². The number of sulfonamides is 1. The number of methoxy groups -OCH3 is 2. The third-order valence-electron chi connectivity index (χ3n) is 5.66. The zero-order chi connectivity index (χ0) is 24.2. The number of benzene rings is 2. The number of carboxylic acids is 1. The molecule has 10 heteroatoms. The first-order valence-corrected chi connectivity index (χ1v) is 12.0. The number of carbonyl (C=O) groups excluding carboxylic acids is 1. The number of nitrogens with zero attached hydrogens (tertiary/aromatic N) is 2. The number of unbranched alkanes of at least 4 members (excludes halogenated alkanes) is 1. The van der Waals surface area contributed by atoms with E-state index in [9.17, 15) is 23.1 Å². The molecule has 1 saturated heterocycles. The molecule has 1 aliphatic heterocycles. The fourth-order valence-corrected chi connectivity index (χ4v) is 5.57. The third-order valence-corrected chi connectivity index (χ3v) is 7.50. The van der Waals surface area contributed by atoms with Gasteiger partial charge >= 0.3 is 5.97 Å². The molecule has 178 valence electrons. The van der Waals surface area contributed by atoms with Crippen molar-refractivity contribution in [1.82, 2.24) is 9.21 Å². The van der Waals surface area contributed by atoms with E-state index in [4.69, 9.17) is 9.47 Å². The number of hydrogen-bond donors (Lipinski definition) is 1. The van der Waals surface area contributed by atoms with E-state index in [0.717, 1.165) is 10.7 Å². The molecule has 1 heterocycles. The Bertz CT molecular complexity index is 1110. The van der Waals surface area contributed by atoms with Gasteiger partial charge in [-0.2, -0.15) is 4.31 Å².